The second-order valence-corrected chi connectivity index (χ2v) is 8.80. The van der Waals surface area contributed by atoms with Crippen LogP contribution in [0.3, 0.4) is 0 Å². The largest absolute Gasteiger partial charge is 0.433 e. The van der Waals surface area contributed by atoms with Gasteiger partial charge in [-0.15, -0.1) is 0 Å². The minimum Gasteiger partial charge on any atom is -0.426 e. The smallest absolute Gasteiger partial charge is 0.426 e. The summed E-state index contributed by atoms with van der Waals surface area (Å²) in [6.45, 7) is 2.52. The number of rotatable bonds is 9. The fraction of sp³-hybridized carbons (Fsp3) is 0.292. The lowest BCUT2D eigenvalue weighted by Crippen LogP contribution is -2.28. The number of imidazole rings is 1. The van der Waals surface area contributed by atoms with E-state index in [1.165, 1.54) is 23.0 Å². The molecule has 0 saturated heterocycles. The second kappa shape index (κ2) is 9.78. The van der Waals surface area contributed by atoms with Crippen LogP contribution in [0.15, 0.2) is 36.9 Å². The summed E-state index contributed by atoms with van der Waals surface area (Å²) in [5, 5.41) is 11.4. The molecule has 1 aliphatic carbocycles. The van der Waals surface area contributed by atoms with Crippen molar-refractivity contribution in [3.8, 4) is 17.0 Å². The molecule has 2 unspecified atom stereocenters. The molecule has 38 heavy (non-hydrogen) atoms. The van der Waals surface area contributed by atoms with Crippen LogP contribution in [-0.4, -0.2) is 49.5 Å². The van der Waals surface area contributed by atoms with Crippen LogP contribution in [0.25, 0.3) is 16.9 Å². The van der Waals surface area contributed by atoms with Gasteiger partial charge >= 0.3 is 6.18 Å². The maximum atomic E-state index is 13.4. The third-order valence-electron chi connectivity index (χ3n) is 6.41. The summed E-state index contributed by atoms with van der Waals surface area (Å²) in [7, 11) is 0. The predicted molar refractivity (Wildman–Crippen MR) is 130 cm³/mol. The minimum absolute atomic E-state index is 0.0911. The van der Waals surface area contributed by atoms with Gasteiger partial charge < -0.3 is 21.1 Å². The molecule has 3 heterocycles. The Labute approximate surface area is 213 Å². The summed E-state index contributed by atoms with van der Waals surface area (Å²) >= 11 is 0. The molecule has 0 bridgehead atoms. The molecule has 1 amide bonds. The number of benzene rings is 1. The van der Waals surface area contributed by atoms with E-state index in [0.717, 1.165) is 12.6 Å². The summed E-state index contributed by atoms with van der Waals surface area (Å²) in [6.07, 6.45) is 1.80. The molecule has 1 fully saturated rings. The van der Waals surface area contributed by atoms with E-state index in [4.69, 9.17) is 10.5 Å². The van der Waals surface area contributed by atoms with Crippen molar-refractivity contribution in [3.05, 3.63) is 53.7 Å². The third kappa shape index (κ3) is 4.65. The van der Waals surface area contributed by atoms with Crippen molar-refractivity contribution in [3.63, 3.8) is 0 Å². The van der Waals surface area contributed by atoms with Gasteiger partial charge in [0.25, 0.3) is 12.4 Å². The molecule has 1 aromatic carbocycles. The summed E-state index contributed by atoms with van der Waals surface area (Å²) in [4.78, 5) is 32.7. The van der Waals surface area contributed by atoms with E-state index in [0.29, 0.717) is 29.8 Å². The van der Waals surface area contributed by atoms with Gasteiger partial charge in [0.15, 0.2) is 17.2 Å². The number of aromatic amines is 1. The maximum absolute atomic E-state index is 13.4. The number of nitrogens with one attached hydrogen (secondary N) is 3. The molecule has 5 N–H and O–H groups in total. The number of nitrogens with zero attached hydrogens (tertiary/aromatic N) is 4. The van der Waals surface area contributed by atoms with E-state index in [-0.39, 0.29) is 52.8 Å². The van der Waals surface area contributed by atoms with Crippen molar-refractivity contribution in [1.29, 1.82) is 0 Å². The number of aromatic nitrogens is 5. The van der Waals surface area contributed by atoms with Crippen molar-refractivity contribution >= 4 is 29.5 Å². The SMILES string of the molecule is CCc1c(C(=O)NCC2CC2N)ccc(Nc2nccn3c(-c4cn[nH]c4C(F)(F)F)cnc23)c1OC=O. The Morgan fingerprint density at radius 3 is 2.79 bits per heavy atom. The lowest BCUT2D eigenvalue weighted by Gasteiger charge is -2.17. The quantitative estimate of drug-likeness (QED) is 0.242. The van der Waals surface area contributed by atoms with Gasteiger partial charge in [0.2, 0.25) is 0 Å². The first-order valence-electron chi connectivity index (χ1n) is 11.7. The number of hydrogen-bond donors (Lipinski definition) is 4. The number of alkyl halides is 3. The molecule has 0 spiro atoms. The summed E-state index contributed by atoms with van der Waals surface area (Å²) in [5.74, 6) is 0.245. The highest BCUT2D eigenvalue weighted by atomic mass is 19.4. The monoisotopic (exact) mass is 528 g/mol. The zero-order valence-corrected chi connectivity index (χ0v) is 20.0. The molecule has 0 aliphatic heterocycles. The van der Waals surface area contributed by atoms with Gasteiger partial charge in [-0.1, -0.05) is 6.92 Å². The number of amides is 1. The van der Waals surface area contributed by atoms with Crippen LogP contribution in [0.2, 0.25) is 0 Å². The normalized spacial score (nSPS) is 16.9. The van der Waals surface area contributed by atoms with E-state index in [9.17, 15) is 22.8 Å². The van der Waals surface area contributed by atoms with E-state index >= 15 is 0 Å². The van der Waals surface area contributed by atoms with Gasteiger partial charge in [-0.25, -0.2) is 9.97 Å². The fourth-order valence-corrected chi connectivity index (χ4v) is 4.33. The van der Waals surface area contributed by atoms with Crippen LogP contribution in [0.4, 0.5) is 24.7 Å². The summed E-state index contributed by atoms with van der Waals surface area (Å²) < 4.78 is 47.0. The first kappa shape index (κ1) is 25.2. The number of halogens is 3. The molecule has 1 saturated carbocycles. The summed E-state index contributed by atoms with van der Waals surface area (Å²) in [5.41, 5.74) is 6.15. The van der Waals surface area contributed by atoms with Crippen LogP contribution in [0.5, 0.6) is 5.75 Å². The number of H-pyrrole nitrogens is 1. The minimum atomic E-state index is -4.64. The number of carbonyl (C=O) groups is 2. The maximum Gasteiger partial charge on any atom is 0.433 e. The molecule has 0 radical (unpaired) electrons. The number of fused-ring (bicyclic) bond motifs is 1. The van der Waals surface area contributed by atoms with E-state index in [1.807, 2.05) is 12.0 Å². The molecule has 198 valence electrons. The van der Waals surface area contributed by atoms with Crippen LogP contribution in [0, 0.1) is 5.92 Å². The number of nitrogens with two attached hydrogens (primary N) is 1. The van der Waals surface area contributed by atoms with Gasteiger partial charge in [-0.05, 0) is 30.9 Å². The van der Waals surface area contributed by atoms with Crippen LogP contribution in [0.1, 0.15) is 35.0 Å². The Hall–Kier alpha value is -4.46. The highest BCUT2D eigenvalue weighted by Crippen LogP contribution is 2.38. The highest BCUT2D eigenvalue weighted by Gasteiger charge is 2.37. The molecular formula is C24H23F3N8O3. The first-order valence-corrected chi connectivity index (χ1v) is 11.7. The van der Waals surface area contributed by atoms with Crippen LogP contribution < -0.4 is 21.1 Å². The number of carbonyl (C=O) groups excluding carboxylic acids is 2. The second-order valence-electron chi connectivity index (χ2n) is 8.80. The predicted octanol–water partition coefficient (Wildman–Crippen LogP) is 3.06. The van der Waals surface area contributed by atoms with Gasteiger partial charge in [0.1, 0.15) is 5.69 Å². The summed E-state index contributed by atoms with van der Waals surface area (Å²) in [6, 6.07) is 3.25. The van der Waals surface area contributed by atoms with Crippen molar-refractivity contribution in [2.45, 2.75) is 32.0 Å². The Morgan fingerprint density at radius 1 is 1.32 bits per heavy atom. The van der Waals surface area contributed by atoms with Crippen molar-refractivity contribution in [2.75, 3.05) is 11.9 Å². The van der Waals surface area contributed by atoms with Gasteiger partial charge in [0, 0.05) is 36.1 Å². The molecular weight excluding hydrogens is 505 g/mol. The standard InChI is InChI=1S/C24H23F3N8O3/c1-2-13-14(23(37)31-8-12-7-16(12)28)3-4-17(19(13)38-11-36)33-21-22-30-10-18(35(22)6-5-29-21)15-9-32-34-20(15)24(25,26)27/h3-6,9-12,16H,2,7-8,28H2,1H3,(H,29,33)(H,31,37)(H,32,34). The lowest BCUT2D eigenvalue weighted by atomic mass is 10.0. The Bertz CT molecular complexity index is 1510. The third-order valence-corrected chi connectivity index (χ3v) is 6.41. The number of ether oxygens (including phenoxy) is 1. The van der Waals surface area contributed by atoms with Gasteiger partial charge in [-0.2, -0.15) is 18.3 Å². The first-order chi connectivity index (χ1) is 18.2. The topological polar surface area (TPSA) is 152 Å². The molecule has 11 nitrogen and oxygen atoms in total. The Morgan fingerprint density at radius 2 is 2.11 bits per heavy atom. The Kier molecular flexibility index (Phi) is 6.48. The van der Waals surface area contributed by atoms with Crippen molar-refractivity contribution < 1.29 is 27.5 Å². The number of anilines is 2. The molecule has 2 atom stereocenters. The molecule has 4 aromatic rings. The van der Waals surface area contributed by atoms with Gasteiger partial charge in [-0.3, -0.25) is 19.1 Å². The van der Waals surface area contributed by atoms with Crippen molar-refractivity contribution in [2.24, 2.45) is 11.7 Å². The van der Waals surface area contributed by atoms with E-state index in [1.54, 1.807) is 12.1 Å². The molecule has 14 heteroatoms. The number of hydrogen-bond acceptors (Lipinski definition) is 8. The Balaban J connectivity index is 1.50. The zero-order chi connectivity index (χ0) is 27.0. The lowest BCUT2D eigenvalue weighted by molar-refractivity contribution is -0.140. The average Bonchev–Trinajstić information content (AvgIpc) is 3.25. The molecule has 5 rings (SSSR count). The zero-order valence-electron chi connectivity index (χ0n) is 20.0. The highest BCUT2D eigenvalue weighted by molar-refractivity contribution is 5.98. The molecule has 3 aromatic heterocycles. The average molecular weight is 528 g/mol. The van der Waals surface area contributed by atoms with Crippen LogP contribution >= 0.6 is 0 Å². The molecule has 1 aliphatic rings. The fourth-order valence-electron chi connectivity index (χ4n) is 4.33. The van der Waals surface area contributed by atoms with E-state index in [2.05, 4.69) is 25.7 Å². The van der Waals surface area contributed by atoms with E-state index < -0.39 is 11.9 Å². The van der Waals surface area contributed by atoms with Gasteiger partial charge in [0.05, 0.1) is 29.3 Å². The van der Waals surface area contributed by atoms with Crippen molar-refractivity contribution in [1.82, 2.24) is 29.9 Å². The van der Waals surface area contributed by atoms with Crippen LogP contribution in [-0.2, 0) is 17.4 Å².